The molecule has 1 aliphatic heterocycles. The Labute approximate surface area is 123 Å². The van der Waals surface area contributed by atoms with E-state index in [1.165, 1.54) is 5.56 Å². The molecule has 0 unspecified atom stereocenters. The molecule has 2 heterocycles. The molecule has 1 aliphatic rings. The quantitative estimate of drug-likeness (QED) is 0.851. The zero-order chi connectivity index (χ0) is 13.9. The maximum atomic E-state index is 5.86. The van der Waals surface area contributed by atoms with Gasteiger partial charge in [-0.2, -0.15) is 0 Å². The van der Waals surface area contributed by atoms with Gasteiger partial charge in [-0.05, 0) is 12.5 Å². The zero-order valence-corrected chi connectivity index (χ0v) is 12.0. The predicted molar refractivity (Wildman–Crippen MR) is 79.0 cm³/mol. The molecule has 2 aromatic rings. The van der Waals surface area contributed by atoms with Crippen LogP contribution in [-0.2, 0) is 4.74 Å². The van der Waals surface area contributed by atoms with Crippen LogP contribution in [0.1, 0.15) is 18.5 Å². The first kappa shape index (κ1) is 13.3. The van der Waals surface area contributed by atoms with Crippen LogP contribution in [0.25, 0.3) is 0 Å². The van der Waals surface area contributed by atoms with Gasteiger partial charge in [-0.15, -0.1) is 0 Å². The standard InChI is InChI=1S/C15H16ClN3O/c1-11-9-19(15-17-7-13(16)8-18-15)14(10-20-11)12-5-3-2-4-6-12/h2-8,11,14H,9-10H2,1H3/t11-,14-/m1/s1. The Bertz CT molecular complexity index is 561. The summed E-state index contributed by atoms with van der Waals surface area (Å²) in [7, 11) is 0. The Morgan fingerprint density at radius 2 is 1.90 bits per heavy atom. The van der Waals surface area contributed by atoms with E-state index in [2.05, 4.69) is 33.9 Å². The third-order valence-corrected chi connectivity index (χ3v) is 3.61. The monoisotopic (exact) mass is 289 g/mol. The van der Waals surface area contributed by atoms with E-state index in [1.54, 1.807) is 12.4 Å². The van der Waals surface area contributed by atoms with Crippen molar-refractivity contribution in [2.75, 3.05) is 18.1 Å². The predicted octanol–water partition coefficient (Wildman–Crippen LogP) is 3.10. The second kappa shape index (κ2) is 5.77. The van der Waals surface area contributed by atoms with Crippen LogP contribution in [0.5, 0.6) is 0 Å². The summed E-state index contributed by atoms with van der Waals surface area (Å²) in [4.78, 5) is 10.9. The Hall–Kier alpha value is -1.65. The molecule has 5 heteroatoms. The Morgan fingerprint density at radius 1 is 1.20 bits per heavy atom. The number of aromatic nitrogens is 2. The second-order valence-electron chi connectivity index (χ2n) is 4.92. The van der Waals surface area contributed by atoms with Gasteiger partial charge >= 0.3 is 0 Å². The molecule has 0 radical (unpaired) electrons. The lowest BCUT2D eigenvalue weighted by molar-refractivity contribution is 0.0296. The third-order valence-electron chi connectivity index (χ3n) is 3.42. The number of halogens is 1. The van der Waals surface area contributed by atoms with E-state index < -0.39 is 0 Å². The van der Waals surface area contributed by atoms with Crippen molar-refractivity contribution in [1.82, 2.24) is 9.97 Å². The molecule has 0 aliphatic carbocycles. The van der Waals surface area contributed by atoms with Crippen LogP contribution >= 0.6 is 11.6 Å². The highest BCUT2D eigenvalue weighted by molar-refractivity contribution is 6.30. The SMILES string of the molecule is C[C@@H]1CN(c2ncc(Cl)cn2)[C@@H](c2ccccc2)CO1. The summed E-state index contributed by atoms with van der Waals surface area (Å²) >= 11 is 5.86. The van der Waals surface area contributed by atoms with Gasteiger partial charge < -0.3 is 9.64 Å². The topological polar surface area (TPSA) is 38.2 Å². The van der Waals surface area contributed by atoms with Crippen molar-refractivity contribution in [1.29, 1.82) is 0 Å². The minimum atomic E-state index is 0.133. The number of morpholine rings is 1. The number of hydrogen-bond acceptors (Lipinski definition) is 4. The van der Waals surface area contributed by atoms with Gasteiger partial charge in [-0.1, -0.05) is 41.9 Å². The minimum absolute atomic E-state index is 0.133. The largest absolute Gasteiger partial charge is 0.374 e. The number of hydrogen-bond donors (Lipinski definition) is 0. The maximum Gasteiger partial charge on any atom is 0.226 e. The van der Waals surface area contributed by atoms with Gasteiger partial charge in [0.25, 0.3) is 0 Å². The molecule has 4 nitrogen and oxygen atoms in total. The summed E-state index contributed by atoms with van der Waals surface area (Å²) in [6.45, 7) is 3.46. The fraction of sp³-hybridized carbons (Fsp3) is 0.333. The molecular formula is C15H16ClN3O. The Balaban J connectivity index is 1.93. The van der Waals surface area contributed by atoms with Crippen LogP contribution < -0.4 is 4.90 Å². The lowest BCUT2D eigenvalue weighted by Gasteiger charge is -2.38. The van der Waals surface area contributed by atoms with E-state index >= 15 is 0 Å². The van der Waals surface area contributed by atoms with Gasteiger partial charge in [-0.25, -0.2) is 9.97 Å². The maximum absolute atomic E-state index is 5.86. The van der Waals surface area contributed by atoms with Gasteiger partial charge in [0.2, 0.25) is 5.95 Å². The number of ether oxygens (including phenoxy) is 1. The van der Waals surface area contributed by atoms with Gasteiger partial charge in [-0.3, -0.25) is 0 Å². The molecule has 3 rings (SSSR count). The van der Waals surface area contributed by atoms with E-state index in [9.17, 15) is 0 Å². The van der Waals surface area contributed by atoms with Crippen LogP contribution in [0, 0.1) is 0 Å². The summed E-state index contributed by atoms with van der Waals surface area (Å²) in [6.07, 6.45) is 3.42. The molecule has 20 heavy (non-hydrogen) atoms. The Morgan fingerprint density at radius 3 is 2.60 bits per heavy atom. The summed E-state index contributed by atoms with van der Waals surface area (Å²) in [5.74, 6) is 0.693. The van der Waals surface area contributed by atoms with E-state index in [4.69, 9.17) is 16.3 Å². The average Bonchev–Trinajstić information content (AvgIpc) is 2.49. The van der Waals surface area contributed by atoms with Gasteiger partial charge in [0.05, 0.1) is 36.2 Å². The molecule has 1 aromatic carbocycles. The van der Waals surface area contributed by atoms with E-state index in [0.29, 0.717) is 17.6 Å². The lowest BCUT2D eigenvalue weighted by Crippen LogP contribution is -2.44. The summed E-state index contributed by atoms with van der Waals surface area (Å²) < 4.78 is 5.80. The van der Waals surface area contributed by atoms with Crippen LogP contribution in [0.4, 0.5) is 5.95 Å². The zero-order valence-electron chi connectivity index (χ0n) is 11.2. The first-order chi connectivity index (χ1) is 9.74. The molecule has 0 spiro atoms. The second-order valence-corrected chi connectivity index (χ2v) is 5.36. The normalized spacial score (nSPS) is 22.8. The van der Waals surface area contributed by atoms with Crippen molar-refractivity contribution in [2.24, 2.45) is 0 Å². The summed E-state index contributed by atoms with van der Waals surface area (Å²) in [6, 6.07) is 10.4. The highest BCUT2D eigenvalue weighted by atomic mass is 35.5. The minimum Gasteiger partial charge on any atom is -0.374 e. The lowest BCUT2D eigenvalue weighted by atomic mass is 10.0. The number of nitrogens with zero attached hydrogens (tertiary/aromatic N) is 3. The molecule has 104 valence electrons. The van der Waals surface area contributed by atoms with E-state index in [0.717, 1.165) is 6.54 Å². The van der Waals surface area contributed by atoms with Crippen molar-refractivity contribution in [2.45, 2.75) is 19.1 Å². The summed E-state index contributed by atoms with van der Waals surface area (Å²) in [5.41, 5.74) is 1.21. The van der Waals surface area contributed by atoms with Crippen LogP contribution in [0.2, 0.25) is 5.02 Å². The van der Waals surface area contributed by atoms with Crippen molar-refractivity contribution < 1.29 is 4.74 Å². The molecule has 0 amide bonds. The fourth-order valence-electron chi connectivity index (χ4n) is 2.43. The number of rotatable bonds is 2. The van der Waals surface area contributed by atoms with Crippen molar-refractivity contribution in [3.05, 3.63) is 53.3 Å². The molecule has 2 atom stereocenters. The molecule has 1 aromatic heterocycles. The van der Waals surface area contributed by atoms with Crippen LogP contribution in [-0.4, -0.2) is 29.2 Å². The smallest absolute Gasteiger partial charge is 0.226 e. The van der Waals surface area contributed by atoms with E-state index in [-0.39, 0.29) is 12.1 Å². The molecule has 0 N–H and O–H groups in total. The van der Waals surface area contributed by atoms with Crippen molar-refractivity contribution in [3.8, 4) is 0 Å². The molecule has 1 fully saturated rings. The summed E-state index contributed by atoms with van der Waals surface area (Å²) in [5, 5.41) is 0.548. The van der Waals surface area contributed by atoms with E-state index in [1.807, 2.05) is 18.2 Å². The average molecular weight is 290 g/mol. The van der Waals surface area contributed by atoms with Crippen LogP contribution in [0.3, 0.4) is 0 Å². The van der Waals surface area contributed by atoms with Crippen LogP contribution in [0.15, 0.2) is 42.7 Å². The molecule has 0 saturated carbocycles. The third kappa shape index (κ3) is 2.76. The highest BCUT2D eigenvalue weighted by Gasteiger charge is 2.29. The fourth-order valence-corrected chi connectivity index (χ4v) is 2.53. The van der Waals surface area contributed by atoms with Gasteiger partial charge in [0, 0.05) is 6.54 Å². The molecule has 1 saturated heterocycles. The van der Waals surface area contributed by atoms with Gasteiger partial charge in [0.1, 0.15) is 0 Å². The Kier molecular flexibility index (Phi) is 3.85. The first-order valence-electron chi connectivity index (χ1n) is 6.65. The molecular weight excluding hydrogens is 274 g/mol. The van der Waals surface area contributed by atoms with Gasteiger partial charge in [0.15, 0.2) is 0 Å². The molecule has 0 bridgehead atoms. The number of anilines is 1. The highest BCUT2D eigenvalue weighted by Crippen LogP contribution is 2.29. The number of benzene rings is 1. The van der Waals surface area contributed by atoms with Crippen molar-refractivity contribution in [3.63, 3.8) is 0 Å². The first-order valence-corrected chi connectivity index (χ1v) is 7.02. The van der Waals surface area contributed by atoms with Crippen molar-refractivity contribution >= 4 is 17.5 Å².